The second-order valence-corrected chi connectivity index (χ2v) is 3.89. The molecule has 0 aliphatic carbocycles. The molecule has 0 aromatic heterocycles. The largest absolute Gasteiger partial charge is 0.383 e. The summed E-state index contributed by atoms with van der Waals surface area (Å²) in [6.45, 7) is 0.881. The van der Waals surface area contributed by atoms with E-state index in [-0.39, 0.29) is 11.7 Å². The predicted octanol–water partition coefficient (Wildman–Crippen LogP) is 2.36. The van der Waals surface area contributed by atoms with Crippen LogP contribution in [0.4, 0.5) is 4.39 Å². The van der Waals surface area contributed by atoms with E-state index in [4.69, 9.17) is 4.74 Å². The van der Waals surface area contributed by atoms with Gasteiger partial charge >= 0.3 is 0 Å². The van der Waals surface area contributed by atoms with Gasteiger partial charge in [0.1, 0.15) is 5.82 Å². The molecule has 1 amide bonds. The van der Waals surface area contributed by atoms with Gasteiger partial charge in [-0.05, 0) is 17.5 Å². The average molecular weight is 247 g/mol. The monoisotopic (exact) mass is 247 g/mol. The smallest absolute Gasteiger partial charge is 0.251 e. The molecule has 0 heterocycles. The molecule has 2 aromatic carbocycles. The van der Waals surface area contributed by atoms with Crippen LogP contribution in [0.3, 0.4) is 0 Å². The van der Waals surface area contributed by atoms with Crippen LogP contribution in [0.25, 0.3) is 10.8 Å². The minimum absolute atomic E-state index is 0.219. The molecule has 2 aromatic rings. The fourth-order valence-electron chi connectivity index (χ4n) is 1.82. The van der Waals surface area contributed by atoms with E-state index in [2.05, 4.69) is 5.32 Å². The third-order valence-corrected chi connectivity index (χ3v) is 2.71. The number of carbonyl (C=O) groups is 1. The Labute approximate surface area is 105 Å². The number of fused-ring (bicyclic) bond motifs is 1. The average Bonchev–Trinajstić information content (AvgIpc) is 2.39. The topological polar surface area (TPSA) is 38.3 Å². The number of nitrogens with one attached hydrogen (secondary N) is 1. The normalized spacial score (nSPS) is 10.6. The minimum Gasteiger partial charge on any atom is -0.383 e. The van der Waals surface area contributed by atoms with Crippen LogP contribution in [0, 0.1) is 5.82 Å². The van der Waals surface area contributed by atoms with E-state index >= 15 is 0 Å². The van der Waals surface area contributed by atoms with Crippen LogP contribution in [0.5, 0.6) is 0 Å². The SMILES string of the molecule is COCCNC(=O)c1ccc(F)c2ccccc12. The molecule has 0 bridgehead atoms. The van der Waals surface area contributed by atoms with Gasteiger partial charge in [-0.2, -0.15) is 0 Å². The molecule has 0 spiro atoms. The fraction of sp³-hybridized carbons (Fsp3) is 0.214. The molecule has 0 radical (unpaired) electrons. The second-order valence-electron chi connectivity index (χ2n) is 3.89. The highest BCUT2D eigenvalue weighted by atomic mass is 19.1. The molecule has 0 saturated heterocycles. The number of rotatable bonds is 4. The lowest BCUT2D eigenvalue weighted by molar-refractivity contribution is 0.0938. The van der Waals surface area contributed by atoms with E-state index in [1.807, 2.05) is 0 Å². The summed E-state index contributed by atoms with van der Waals surface area (Å²) in [6, 6.07) is 9.75. The summed E-state index contributed by atoms with van der Waals surface area (Å²) in [5.74, 6) is -0.540. The van der Waals surface area contributed by atoms with Crippen LogP contribution >= 0.6 is 0 Å². The highest BCUT2D eigenvalue weighted by Gasteiger charge is 2.11. The number of ether oxygens (including phenoxy) is 1. The Morgan fingerprint density at radius 3 is 2.67 bits per heavy atom. The molecule has 0 aliphatic rings. The first-order chi connectivity index (χ1) is 8.74. The number of carbonyl (C=O) groups excluding carboxylic acids is 1. The molecular weight excluding hydrogens is 233 g/mol. The van der Waals surface area contributed by atoms with Gasteiger partial charge in [-0.15, -0.1) is 0 Å². The van der Waals surface area contributed by atoms with Gasteiger partial charge < -0.3 is 10.1 Å². The van der Waals surface area contributed by atoms with Crippen LogP contribution in [0.2, 0.25) is 0 Å². The van der Waals surface area contributed by atoms with Crippen molar-refractivity contribution in [3.63, 3.8) is 0 Å². The van der Waals surface area contributed by atoms with Gasteiger partial charge in [-0.25, -0.2) is 4.39 Å². The zero-order valence-electron chi connectivity index (χ0n) is 10.1. The number of benzene rings is 2. The molecule has 0 unspecified atom stereocenters. The lowest BCUT2D eigenvalue weighted by Gasteiger charge is -2.08. The van der Waals surface area contributed by atoms with Crippen LogP contribution in [0.1, 0.15) is 10.4 Å². The maximum absolute atomic E-state index is 13.6. The fourth-order valence-corrected chi connectivity index (χ4v) is 1.82. The summed E-state index contributed by atoms with van der Waals surface area (Å²) in [5, 5.41) is 3.80. The van der Waals surface area contributed by atoms with Crippen LogP contribution in [-0.2, 0) is 4.74 Å². The highest BCUT2D eigenvalue weighted by molar-refractivity contribution is 6.07. The second kappa shape index (κ2) is 5.60. The van der Waals surface area contributed by atoms with E-state index in [1.54, 1.807) is 31.4 Å². The van der Waals surface area contributed by atoms with Crippen molar-refractivity contribution in [1.29, 1.82) is 0 Å². The van der Waals surface area contributed by atoms with Crippen molar-refractivity contribution in [2.75, 3.05) is 20.3 Å². The summed E-state index contributed by atoms with van der Waals surface area (Å²) in [5.41, 5.74) is 0.475. The predicted molar refractivity (Wildman–Crippen MR) is 68.1 cm³/mol. The molecule has 18 heavy (non-hydrogen) atoms. The minimum atomic E-state index is -0.320. The van der Waals surface area contributed by atoms with Crippen LogP contribution in [0.15, 0.2) is 36.4 Å². The maximum Gasteiger partial charge on any atom is 0.251 e. The van der Waals surface area contributed by atoms with E-state index in [0.29, 0.717) is 29.5 Å². The van der Waals surface area contributed by atoms with Crippen molar-refractivity contribution in [3.05, 3.63) is 47.8 Å². The first-order valence-electron chi connectivity index (χ1n) is 5.68. The molecule has 0 aliphatic heterocycles. The number of halogens is 1. The van der Waals surface area contributed by atoms with Gasteiger partial charge in [0.2, 0.25) is 0 Å². The summed E-state index contributed by atoms with van der Waals surface area (Å²) in [4.78, 5) is 12.0. The van der Waals surface area contributed by atoms with Gasteiger partial charge in [0, 0.05) is 24.6 Å². The Kier molecular flexibility index (Phi) is 3.89. The summed E-state index contributed by atoms with van der Waals surface area (Å²) in [6.07, 6.45) is 0. The van der Waals surface area contributed by atoms with Crippen molar-refractivity contribution < 1.29 is 13.9 Å². The first kappa shape index (κ1) is 12.5. The third kappa shape index (κ3) is 2.49. The van der Waals surface area contributed by atoms with E-state index in [9.17, 15) is 9.18 Å². The van der Waals surface area contributed by atoms with Gasteiger partial charge in [-0.3, -0.25) is 4.79 Å². The number of hydrogen-bond donors (Lipinski definition) is 1. The van der Waals surface area contributed by atoms with Crippen molar-refractivity contribution in [3.8, 4) is 0 Å². The molecule has 1 N–H and O–H groups in total. The van der Waals surface area contributed by atoms with Gasteiger partial charge in [0.15, 0.2) is 0 Å². The molecular formula is C14H14FNO2. The third-order valence-electron chi connectivity index (χ3n) is 2.71. The highest BCUT2D eigenvalue weighted by Crippen LogP contribution is 2.21. The van der Waals surface area contributed by atoms with Crippen molar-refractivity contribution in [1.82, 2.24) is 5.32 Å². The van der Waals surface area contributed by atoms with Gasteiger partial charge in [0.25, 0.3) is 5.91 Å². The zero-order chi connectivity index (χ0) is 13.0. The molecule has 4 heteroatoms. The molecule has 3 nitrogen and oxygen atoms in total. The van der Waals surface area contributed by atoms with Gasteiger partial charge in [0.05, 0.1) is 6.61 Å². The number of methoxy groups -OCH3 is 1. The Balaban J connectivity index is 2.33. The molecule has 0 atom stereocenters. The summed E-state index contributed by atoms with van der Waals surface area (Å²) >= 11 is 0. The van der Waals surface area contributed by atoms with Crippen molar-refractivity contribution in [2.24, 2.45) is 0 Å². The molecule has 94 valence electrons. The lowest BCUT2D eigenvalue weighted by atomic mass is 10.0. The van der Waals surface area contributed by atoms with Crippen molar-refractivity contribution in [2.45, 2.75) is 0 Å². The molecule has 0 saturated carbocycles. The Morgan fingerprint density at radius 2 is 1.94 bits per heavy atom. The van der Waals surface area contributed by atoms with Crippen LogP contribution in [-0.4, -0.2) is 26.2 Å². The van der Waals surface area contributed by atoms with Crippen LogP contribution < -0.4 is 5.32 Å². The van der Waals surface area contributed by atoms with Crippen molar-refractivity contribution >= 4 is 16.7 Å². The standard InChI is InChI=1S/C14H14FNO2/c1-18-9-8-16-14(17)12-6-7-13(15)11-5-3-2-4-10(11)12/h2-7H,8-9H2,1H3,(H,16,17). The van der Waals surface area contributed by atoms with E-state index in [0.717, 1.165) is 0 Å². The van der Waals surface area contributed by atoms with E-state index in [1.165, 1.54) is 12.1 Å². The Hall–Kier alpha value is -1.94. The van der Waals surface area contributed by atoms with E-state index < -0.39 is 0 Å². The zero-order valence-corrected chi connectivity index (χ0v) is 10.1. The molecule has 0 fully saturated rings. The first-order valence-corrected chi connectivity index (χ1v) is 5.68. The number of hydrogen-bond acceptors (Lipinski definition) is 2. The number of amides is 1. The maximum atomic E-state index is 13.6. The summed E-state index contributed by atoms with van der Waals surface area (Å²) < 4.78 is 18.4. The lowest BCUT2D eigenvalue weighted by Crippen LogP contribution is -2.27. The molecule has 2 rings (SSSR count). The Bertz CT molecular complexity index is 569. The van der Waals surface area contributed by atoms with Gasteiger partial charge in [-0.1, -0.05) is 24.3 Å². The quantitative estimate of drug-likeness (QED) is 0.842. The Morgan fingerprint density at radius 1 is 1.22 bits per heavy atom. The summed E-state index contributed by atoms with van der Waals surface area (Å²) in [7, 11) is 1.57.